The number of benzene rings is 1. The number of pyridine rings is 1. The molecule has 0 saturated carbocycles. The minimum atomic E-state index is -0.484. The molecule has 0 bridgehead atoms. The summed E-state index contributed by atoms with van der Waals surface area (Å²) in [6.45, 7) is 2.03. The molecule has 0 unspecified atom stereocenters. The molecule has 122 valence electrons. The maximum atomic E-state index is 12.2. The predicted molar refractivity (Wildman–Crippen MR) is 94.6 cm³/mol. The summed E-state index contributed by atoms with van der Waals surface area (Å²) >= 11 is 0. The monoisotopic (exact) mass is 329 g/mol. The fraction of sp³-hybridized carbons (Fsp3) is 0.100. The van der Waals surface area contributed by atoms with Gasteiger partial charge in [-0.2, -0.15) is 0 Å². The van der Waals surface area contributed by atoms with Crippen LogP contribution in [0.2, 0.25) is 0 Å². The van der Waals surface area contributed by atoms with Gasteiger partial charge in [0.1, 0.15) is 5.69 Å². The Balaban J connectivity index is 2.15. The average molecular weight is 329 g/mol. The first kappa shape index (κ1) is 16.3. The van der Waals surface area contributed by atoms with Crippen LogP contribution < -0.4 is 0 Å². The molecule has 0 fully saturated rings. The lowest BCUT2D eigenvalue weighted by molar-refractivity contribution is 0.0519. The van der Waals surface area contributed by atoms with Crippen molar-refractivity contribution in [3.8, 4) is 34.9 Å². The van der Waals surface area contributed by atoms with Crippen molar-refractivity contribution in [2.24, 2.45) is 0 Å². The van der Waals surface area contributed by atoms with Crippen LogP contribution in [0.25, 0.3) is 22.5 Å². The molecule has 0 radical (unpaired) electrons. The summed E-state index contributed by atoms with van der Waals surface area (Å²) in [5.41, 5.74) is 3.75. The largest absolute Gasteiger partial charge is 0.461 e. The Labute approximate surface area is 145 Å². The van der Waals surface area contributed by atoms with Gasteiger partial charge in [0.15, 0.2) is 0 Å². The zero-order valence-corrected chi connectivity index (χ0v) is 13.6. The summed E-state index contributed by atoms with van der Waals surface area (Å²) in [7, 11) is 0. The van der Waals surface area contributed by atoms with Gasteiger partial charge in [0.05, 0.1) is 24.2 Å². The molecule has 0 aliphatic carbocycles. The highest BCUT2D eigenvalue weighted by Gasteiger charge is 2.14. The molecule has 25 heavy (non-hydrogen) atoms. The Morgan fingerprint density at radius 1 is 1.16 bits per heavy atom. The second kappa shape index (κ2) is 7.37. The van der Waals surface area contributed by atoms with Crippen molar-refractivity contribution in [2.45, 2.75) is 6.92 Å². The normalized spacial score (nSPS) is 10.1. The summed E-state index contributed by atoms with van der Waals surface area (Å²) in [6.07, 6.45) is 10.3. The molecule has 2 aromatic heterocycles. The van der Waals surface area contributed by atoms with Crippen LogP contribution in [0.3, 0.4) is 0 Å². The third kappa shape index (κ3) is 3.70. The zero-order valence-electron chi connectivity index (χ0n) is 13.6. The molecular weight excluding hydrogens is 314 g/mol. The molecule has 0 saturated heterocycles. The molecule has 3 rings (SSSR count). The molecule has 0 amide bonds. The quantitative estimate of drug-likeness (QED) is 0.542. The van der Waals surface area contributed by atoms with Gasteiger partial charge in [-0.25, -0.2) is 9.78 Å². The van der Waals surface area contributed by atoms with Gasteiger partial charge in [0.25, 0.3) is 0 Å². The molecule has 0 spiro atoms. The van der Waals surface area contributed by atoms with Gasteiger partial charge in [0.2, 0.25) is 0 Å². The van der Waals surface area contributed by atoms with Gasteiger partial charge < -0.3 is 4.74 Å². The summed E-state index contributed by atoms with van der Waals surface area (Å²) in [6, 6.07) is 10.9. The Bertz CT molecular complexity index is 947. The van der Waals surface area contributed by atoms with E-state index in [4.69, 9.17) is 11.2 Å². The number of hydrogen-bond donors (Lipinski definition) is 0. The van der Waals surface area contributed by atoms with Gasteiger partial charge in [-0.05, 0) is 31.2 Å². The SMILES string of the molecule is C#Cc1cccc(-c2cc(-c3cnccn3)cc(C(=O)OCC)n2)c1. The first-order valence-corrected chi connectivity index (χ1v) is 7.74. The Kier molecular flexibility index (Phi) is 4.82. The number of terminal acetylenes is 1. The van der Waals surface area contributed by atoms with Crippen molar-refractivity contribution in [1.29, 1.82) is 0 Å². The number of ether oxygens (including phenoxy) is 1. The average Bonchev–Trinajstić information content (AvgIpc) is 2.68. The van der Waals surface area contributed by atoms with Crippen LogP contribution in [0, 0.1) is 12.3 Å². The van der Waals surface area contributed by atoms with Crippen molar-refractivity contribution in [3.63, 3.8) is 0 Å². The first-order chi connectivity index (χ1) is 12.2. The van der Waals surface area contributed by atoms with Gasteiger partial charge in [-0.15, -0.1) is 6.42 Å². The molecule has 0 aliphatic rings. The van der Waals surface area contributed by atoms with Crippen LogP contribution in [-0.4, -0.2) is 27.5 Å². The van der Waals surface area contributed by atoms with E-state index in [0.29, 0.717) is 11.4 Å². The lowest BCUT2D eigenvalue weighted by atomic mass is 10.0. The second-order valence-corrected chi connectivity index (χ2v) is 5.16. The molecule has 5 nitrogen and oxygen atoms in total. The first-order valence-electron chi connectivity index (χ1n) is 7.74. The standard InChI is InChI=1S/C20H15N3O2/c1-3-14-6-5-7-15(10-14)17-11-16(19-13-21-8-9-22-19)12-18(23-17)20(24)25-4-2/h1,5-13H,4H2,2H3. The molecular formula is C20H15N3O2. The van der Waals surface area contributed by atoms with E-state index in [0.717, 1.165) is 16.7 Å². The van der Waals surface area contributed by atoms with Crippen LogP contribution >= 0.6 is 0 Å². The highest BCUT2D eigenvalue weighted by molar-refractivity contribution is 5.90. The summed E-state index contributed by atoms with van der Waals surface area (Å²) in [5.74, 6) is 2.12. The van der Waals surface area contributed by atoms with Crippen LogP contribution in [0.1, 0.15) is 23.0 Å². The topological polar surface area (TPSA) is 65.0 Å². The molecule has 0 aliphatic heterocycles. The van der Waals surface area contributed by atoms with Crippen LogP contribution in [0.15, 0.2) is 55.0 Å². The summed E-state index contributed by atoms with van der Waals surface area (Å²) in [4.78, 5) is 25.0. The van der Waals surface area contributed by atoms with Crippen molar-refractivity contribution in [2.75, 3.05) is 6.61 Å². The number of hydrogen-bond acceptors (Lipinski definition) is 5. The fourth-order valence-corrected chi connectivity index (χ4v) is 2.35. The van der Waals surface area contributed by atoms with Crippen LogP contribution in [0.4, 0.5) is 0 Å². The van der Waals surface area contributed by atoms with E-state index in [-0.39, 0.29) is 12.3 Å². The zero-order chi connectivity index (χ0) is 17.6. The maximum Gasteiger partial charge on any atom is 0.356 e. The van der Waals surface area contributed by atoms with E-state index in [1.165, 1.54) is 0 Å². The number of esters is 1. The third-order valence-electron chi connectivity index (χ3n) is 3.49. The fourth-order valence-electron chi connectivity index (χ4n) is 2.35. The van der Waals surface area contributed by atoms with Gasteiger partial charge >= 0.3 is 5.97 Å². The van der Waals surface area contributed by atoms with Crippen LogP contribution in [-0.2, 0) is 4.74 Å². The highest BCUT2D eigenvalue weighted by Crippen LogP contribution is 2.25. The molecule has 5 heteroatoms. The smallest absolute Gasteiger partial charge is 0.356 e. The Morgan fingerprint density at radius 2 is 2.04 bits per heavy atom. The van der Waals surface area contributed by atoms with Crippen LogP contribution in [0.5, 0.6) is 0 Å². The molecule has 0 atom stereocenters. The predicted octanol–water partition coefficient (Wildman–Crippen LogP) is 3.36. The van der Waals surface area contributed by atoms with Gasteiger partial charge in [0, 0.05) is 29.1 Å². The lowest BCUT2D eigenvalue weighted by Gasteiger charge is -2.09. The van der Waals surface area contributed by atoms with Gasteiger partial charge in [-0.3, -0.25) is 9.97 Å². The second-order valence-electron chi connectivity index (χ2n) is 5.16. The molecule has 0 N–H and O–H groups in total. The van der Waals surface area contributed by atoms with E-state index >= 15 is 0 Å². The Hall–Kier alpha value is -3.52. The van der Waals surface area contributed by atoms with Crippen molar-refractivity contribution in [1.82, 2.24) is 15.0 Å². The van der Waals surface area contributed by atoms with Crippen molar-refractivity contribution in [3.05, 3.63) is 66.2 Å². The maximum absolute atomic E-state index is 12.2. The van der Waals surface area contributed by atoms with E-state index in [1.54, 1.807) is 31.6 Å². The molecule has 1 aromatic carbocycles. The van der Waals surface area contributed by atoms with E-state index in [2.05, 4.69) is 20.9 Å². The van der Waals surface area contributed by atoms with Crippen molar-refractivity contribution < 1.29 is 9.53 Å². The number of nitrogens with zero attached hydrogens (tertiary/aromatic N) is 3. The number of rotatable bonds is 4. The molecule has 3 aromatic rings. The lowest BCUT2D eigenvalue weighted by Crippen LogP contribution is -2.08. The number of carbonyl (C=O) groups is 1. The summed E-state index contributed by atoms with van der Waals surface area (Å²) < 4.78 is 5.08. The minimum Gasteiger partial charge on any atom is -0.461 e. The minimum absolute atomic E-state index is 0.214. The van der Waals surface area contributed by atoms with Gasteiger partial charge in [-0.1, -0.05) is 18.1 Å². The Morgan fingerprint density at radius 3 is 2.76 bits per heavy atom. The van der Waals surface area contributed by atoms with E-state index in [1.807, 2.05) is 30.3 Å². The number of aromatic nitrogens is 3. The highest BCUT2D eigenvalue weighted by atomic mass is 16.5. The van der Waals surface area contributed by atoms with Crippen molar-refractivity contribution >= 4 is 5.97 Å². The summed E-state index contributed by atoms with van der Waals surface area (Å²) in [5, 5.41) is 0. The van der Waals surface area contributed by atoms with E-state index in [9.17, 15) is 4.79 Å². The number of carbonyl (C=O) groups excluding carboxylic acids is 1. The third-order valence-corrected chi connectivity index (χ3v) is 3.49. The van der Waals surface area contributed by atoms with E-state index < -0.39 is 5.97 Å². The molecule has 2 heterocycles.